The number of carbonyl (C=O) groups is 2. The molecule has 1 amide bonds. The fourth-order valence-corrected chi connectivity index (χ4v) is 3.04. The molecule has 0 unspecified atom stereocenters. The lowest BCUT2D eigenvalue weighted by Crippen LogP contribution is -2.19. The predicted octanol–water partition coefficient (Wildman–Crippen LogP) is 2.01. The molecule has 0 aliphatic rings. The van der Waals surface area contributed by atoms with Gasteiger partial charge in [-0.05, 0) is 26.0 Å². The number of hydrogen-bond acceptors (Lipinski definition) is 7. The first-order valence-electron chi connectivity index (χ1n) is 7.31. The number of ether oxygens (including phenoxy) is 1. The smallest absolute Gasteiger partial charge is 0.350 e. The number of anilines is 1. The Morgan fingerprint density at radius 1 is 1.33 bits per heavy atom. The molecule has 3 rings (SSSR count). The molecular formula is C15H15N5O3S. The Hall–Kier alpha value is -2.81. The standard InChI is InChI=1S/C15H15N5O3S/c1-3-23-14(22)13-9(2)16-15(24-13)17-12(21)8-20-11-7-5-4-6-10(11)18-19-20/h4-7H,3,8H2,1-2H3,(H,16,17,21). The number of aryl methyl sites for hydroxylation is 1. The van der Waals surface area contributed by atoms with Crippen LogP contribution in [0.4, 0.5) is 5.13 Å². The number of rotatable bonds is 5. The predicted molar refractivity (Wildman–Crippen MR) is 89.0 cm³/mol. The maximum absolute atomic E-state index is 12.2. The Bertz CT molecular complexity index is 902. The van der Waals surface area contributed by atoms with E-state index in [-0.39, 0.29) is 19.1 Å². The van der Waals surface area contributed by atoms with Crippen molar-refractivity contribution in [3.8, 4) is 0 Å². The summed E-state index contributed by atoms with van der Waals surface area (Å²) in [5, 5.41) is 11.0. The molecule has 0 atom stereocenters. The lowest BCUT2D eigenvalue weighted by molar-refractivity contribution is -0.116. The maximum Gasteiger partial charge on any atom is 0.350 e. The van der Waals surface area contributed by atoms with Crippen LogP contribution in [-0.4, -0.2) is 38.5 Å². The minimum absolute atomic E-state index is 0.00782. The summed E-state index contributed by atoms with van der Waals surface area (Å²) in [7, 11) is 0. The van der Waals surface area contributed by atoms with Crippen LogP contribution in [0.25, 0.3) is 11.0 Å². The molecule has 0 aliphatic carbocycles. The van der Waals surface area contributed by atoms with Gasteiger partial charge in [0.25, 0.3) is 0 Å². The second-order valence-electron chi connectivity index (χ2n) is 4.94. The monoisotopic (exact) mass is 345 g/mol. The first-order chi connectivity index (χ1) is 11.6. The van der Waals surface area contributed by atoms with E-state index in [1.807, 2.05) is 24.3 Å². The normalized spacial score (nSPS) is 10.8. The van der Waals surface area contributed by atoms with E-state index in [1.54, 1.807) is 13.8 Å². The molecule has 24 heavy (non-hydrogen) atoms. The summed E-state index contributed by atoms with van der Waals surface area (Å²) in [4.78, 5) is 28.5. The second-order valence-corrected chi connectivity index (χ2v) is 5.94. The number of amides is 1. The number of fused-ring (bicyclic) bond motifs is 1. The Balaban J connectivity index is 1.71. The maximum atomic E-state index is 12.2. The van der Waals surface area contributed by atoms with E-state index in [2.05, 4.69) is 20.6 Å². The van der Waals surface area contributed by atoms with Gasteiger partial charge in [-0.2, -0.15) is 0 Å². The molecule has 2 aromatic heterocycles. The van der Waals surface area contributed by atoms with E-state index in [4.69, 9.17) is 4.74 Å². The topological polar surface area (TPSA) is 99.0 Å². The van der Waals surface area contributed by atoms with Crippen LogP contribution in [0, 0.1) is 6.92 Å². The van der Waals surface area contributed by atoms with Crippen molar-refractivity contribution in [3.05, 3.63) is 34.8 Å². The lowest BCUT2D eigenvalue weighted by Gasteiger charge is -2.02. The molecule has 0 spiro atoms. The number of thiazole rings is 1. The van der Waals surface area contributed by atoms with Crippen molar-refractivity contribution in [3.63, 3.8) is 0 Å². The van der Waals surface area contributed by atoms with E-state index in [0.717, 1.165) is 22.4 Å². The summed E-state index contributed by atoms with van der Waals surface area (Å²) in [5.74, 6) is -0.731. The zero-order chi connectivity index (χ0) is 17.1. The van der Waals surface area contributed by atoms with Crippen molar-refractivity contribution in [2.45, 2.75) is 20.4 Å². The van der Waals surface area contributed by atoms with Crippen LogP contribution in [-0.2, 0) is 16.1 Å². The molecule has 0 fully saturated rings. The van der Waals surface area contributed by atoms with E-state index in [9.17, 15) is 9.59 Å². The van der Waals surface area contributed by atoms with Crippen LogP contribution in [0.5, 0.6) is 0 Å². The largest absolute Gasteiger partial charge is 0.462 e. The highest BCUT2D eigenvalue weighted by Crippen LogP contribution is 2.23. The van der Waals surface area contributed by atoms with Crippen molar-refractivity contribution in [2.75, 3.05) is 11.9 Å². The first kappa shape index (κ1) is 16.1. The van der Waals surface area contributed by atoms with E-state index in [1.165, 1.54) is 4.68 Å². The number of esters is 1. The number of nitrogens with zero attached hydrogens (tertiary/aromatic N) is 4. The van der Waals surface area contributed by atoms with Crippen molar-refractivity contribution in [2.24, 2.45) is 0 Å². The molecule has 0 bridgehead atoms. The van der Waals surface area contributed by atoms with Gasteiger partial charge < -0.3 is 10.1 Å². The minimum Gasteiger partial charge on any atom is -0.462 e. The molecule has 0 aliphatic heterocycles. The summed E-state index contributed by atoms with van der Waals surface area (Å²) in [5.41, 5.74) is 2.02. The number of para-hydroxylation sites is 1. The van der Waals surface area contributed by atoms with Gasteiger partial charge in [-0.1, -0.05) is 28.7 Å². The summed E-state index contributed by atoms with van der Waals surface area (Å²) in [6, 6.07) is 7.38. The Kier molecular flexibility index (Phi) is 4.52. The van der Waals surface area contributed by atoms with Crippen LogP contribution in [0.1, 0.15) is 22.3 Å². The molecule has 1 aromatic carbocycles. The van der Waals surface area contributed by atoms with Crippen LogP contribution < -0.4 is 5.32 Å². The molecule has 2 heterocycles. The first-order valence-corrected chi connectivity index (χ1v) is 8.12. The number of benzene rings is 1. The average Bonchev–Trinajstić information content (AvgIpc) is 3.12. The molecule has 8 nitrogen and oxygen atoms in total. The molecule has 9 heteroatoms. The molecule has 0 saturated heterocycles. The number of aromatic nitrogens is 4. The Labute approximate surface area is 141 Å². The summed E-state index contributed by atoms with van der Waals surface area (Å²) in [6.07, 6.45) is 0. The van der Waals surface area contributed by atoms with Crippen LogP contribution in [0.3, 0.4) is 0 Å². The van der Waals surface area contributed by atoms with Gasteiger partial charge in [-0.3, -0.25) is 4.79 Å². The third kappa shape index (κ3) is 3.25. The highest BCUT2D eigenvalue weighted by molar-refractivity contribution is 7.17. The van der Waals surface area contributed by atoms with Gasteiger partial charge in [0.05, 0.1) is 17.8 Å². The quantitative estimate of drug-likeness (QED) is 0.710. The number of carbonyl (C=O) groups excluding carboxylic acids is 2. The third-order valence-corrected chi connectivity index (χ3v) is 4.27. The molecule has 0 saturated carbocycles. The van der Waals surface area contributed by atoms with Crippen LogP contribution >= 0.6 is 11.3 Å². The van der Waals surface area contributed by atoms with E-state index < -0.39 is 5.97 Å². The fourth-order valence-electron chi connectivity index (χ4n) is 2.16. The molecule has 0 radical (unpaired) electrons. The van der Waals surface area contributed by atoms with Gasteiger partial charge in [0.2, 0.25) is 5.91 Å². The summed E-state index contributed by atoms with van der Waals surface area (Å²) in [6.45, 7) is 3.73. The summed E-state index contributed by atoms with van der Waals surface area (Å²) < 4.78 is 6.47. The number of hydrogen-bond donors (Lipinski definition) is 1. The second kappa shape index (κ2) is 6.75. The SMILES string of the molecule is CCOC(=O)c1sc(NC(=O)Cn2nnc3ccccc32)nc1C. The molecule has 124 valence electrons. The van der Waals surface area contributed by atoms with Crippen molar-refractivity contribution < 1.29 is 14.3 Å². The fraction of sp³-hybridized carbons (Fsp3) is 0.267. The van der Waals surface area contributed by atoms with Crippen molar-refractivity contribution in [1.82, 2.24) is 20.0 Å². The van der Waals surface area contributed by atoms with Crippen molar-refractivity contribution in [1.29, 1.82) is 0 Å². The van der Waals surface area contributed by atoms with Crippen molar-refractivity contribution >= 4 is 39.4 Å². The highest BCUT2D eigenvalue weighted by Gasteiger charge is 2.18. The lowest BCUT2D eigenvalue weighted by atomic mass is 10.3. The van der Waals surface area contributed by atoms with Gasteiger partial charge in [0.15, 0.2) is 5.13 Å². The van der Waals surface area contributed by atoms with Gasteiger partial charge in [0, 0.05) is 0 Å². The third-order valence-electron chi connectivity index (χ3n) is 3.22. The van der Waals surface area contributed by atoms with Gasteiger partial charge >= 0.3 is 5.97 Å². The van der Waals surface area contributed by atoms with Crippen LogP contribution in [0.2, 0.25) is 0 Å². The highest BCUT2D eigenvalue weighted by atomic mass is 32.1. The molecule has 1 N–H and O–H groups in total. The number of nitrogens with one attached hydrogen (secondary N) is 1. The molecule has 3 aromatic rings. The molecular weight excluding hydrogens is 330 g/mol. The summed E-state index contributed by atoms with van der Waals surface area (Å²) >= 11 is 1.09. The Morgan fingerprint density at radius 3 is 2.92 bits per heavy atom. The zero-order valence-electron chi connectivity index (χ0n) is 13.1. The Morgan fingerprint density at radius 2 is 2.12 bits per heavy atom. The van der Waals surface area contributed by atoms with Gasteiger partial charge in [-0.25, -0.2) is 14.5 Å². The van der Waals surface area contributed by atoms with Gasteiger partial charge in [0.1, 0.15) is 16.9 Å². The minimum atomic E-state index is -0.435. The average molecular weight is 345 g/mol. The van der Waals surface area contributed by atoms with E-state index >= 15 is 0 Å². The van der Waals surface area contributed by atoms with E-state index in [0.29, 0.717) is 15.7 Å². The zero-order valence-corrected chi connectivity index (χ0v) is 14.0. The van der Waals surface area contributed by atoms with Gasteiger partial charge in [-0.15, -0.1) is 5.10 Å². The van der Waals surface area contributed by atoms with Crippen LogP contribution in [0.15, 0.2) is 24.3 Å².